The Bertz CT molecular complexity index is 646. The van der Waals surface area contributed by atoms with Crippen molar-refractivity contribution in [1.29, 1.82) is 0 Å². The lowest BCUT2D eigenvalue weighted by atomic mass is 10.2. The molecule has 0 aliphatic carbocycles. The summed E-state index contributed by atoms with van der Waals surface area (Å²) >= 11 is 0. The Morgan fingerprint density at radius 1 is 1.56 bits per heavy atom. The zero-order valence-corrected chi connectivity index (χ0v) is 9.71. The summed E-state index contributed by atoms with van der Waals surface area (Å²) in [6, 6.07) is 1.55. The predicted molar refractivity (Wildman–Crippen MR) is 66.4 cm³/mol. The molecule has 18 heavy (non-hydrogen) atoms. The van der Waals surface area contributed by atoms with Crippen LogP contribution < -0.4 is 5.32 Å². The molecule has 3 rings (SSSR count). The second-order valence-electron chi connectivity index (χ2n) is 4.18. The normalized spacial score (nSPS) is 21.9. The number of H-pyrrole nitrogens is 1. The molecule has 2 aromatic heterocycles. The fraction of sp³-hybridized carbons (Fsp3) is 0.167. The molecule has 3 heterocycles. The molecular weight excluding hydrogens is 232 g/mol. The summed E-state index contributed by atoms with van der Waals surface area (Å²) in [7, 11) is 1.54. The highest BCUT2D eigenvalue weighted by Gasteiger charge is 2.30. The van der Waals surface area contributed by atoms with Crippen molar-refractivity contribution in [2.24, 2.45) is 0 Å². The summed E-state index contributed by atoms with van der Waals surface area (Å²) in [4.78, 5) is 19.8. The Hall–Kier alpha value is -2.34. The standard InChI is InChI=1S/C12H12N4O2/c1-16-11(17)10(15-12(16)18)4-7-5-14-9-2-3-13-6-8(7)9/h2-6,11,14,17H,1H3,(H,15,18)/b10-4-. The number of carbonyl (C=O) groups excluding carboxylic acids is 1. The van der Waals surface area contributed by atoms with E-state index in [4.69, 9.17) is 0 Å². The number of nitrogens with one attached hydrogen (secondary N) is 2. The summed E-state index contributed by atoms with van der Waals surface area (Å²) in [5, 5.41) is 13.4. The van der Waals surface area contributed by atoms with Gasteiger partial charge in [-0.15, -0.1) is 0 Å². The third-order valence-electron chi connectivity index (χ3n) is 3.04. The Morgan fingerprint density at radius 3 is 3.11 bits per heavy atom. The first-order chi connectivity index (χ1) is 8.66. The van der Waals surface area contributed by atoms with E-state index in [2.05, 4.69) is 15.3 Å². The number of pyridine rings is 1. The number of hydrogen-bond acceptors (Lipinski definition) is 3. The third-order valence-corrected chi connectivity index (χ3v) is 3.04. The van der Waals surface area contributed by atoms with E-state index in [1.54, 1.807) is 18.5 Å². The van der Waals surface area contributed by atoms with Crippen LogP contribution >= 0.6 is 0 Å². The van der Waals surface area contributed by atoms with Crippen molar-refractivity contribution in [2.75, 3.05) is 7.05 Å². The van der Waals surface area contributed by atoms with Crippen molar-refractivity contribution in [3.05, 3.63) is 35.9 Å². The van der Waals surface area contributed by atoms with Gasteiger partial charge in [-0.2, -0.15) is 0 Å². The Morgan fingerprint density at radius 2 is 2.39 bits per heavy atom. The van der Waals surface area contributed by atoms with Gasteiger partial charge in [-0.05, 0) is 12.1 Å². The number of hydrogen-bond donors (Lipinski definition) is 3. The lowest BCUT2D eigenvalue weighted by Gasteiger charge is -2.11. The number of carbonyl (C=O) groups is 1. The first-order valence-corrected chi connectivity index (χ1v) is 5.51. The average Bonchev–Trinajstić information content (AvgIpc) is 2.89. The van der Waals surface area contributed by atoms with E-state index in [9.17, 15) is 9.90 Å². The number of urea groups is 1. The second-order valence-corrected chi connectivity index (χ2v) is 4.18. The highest BCUT2D eigenvalue weighted by molar-refractivity contribution is 5.90. The number of rotatable bonds is 1. The summed E-state index contributed by atoms with van der Waals surface area (Å²) in [6.07, 6.45) is 6.07. The van der Waals surface area contributed by atoms with Gasteiger partial charge < -0.3 is 15.4 Å². The van der Waals surface area contributed by atoms with Gasteiger partial charge in [0.2, 0.25) is 0 Å². The molecule has 92 valence electrons. The summed E-state index contributed by atoms with van der Waals surface area (Å²) in [5.41, 5.74) is 2.30. The molecule has 0 spiro atoms. The van der Waals surface area contributed by atoms with Gasteiger partial charge >= 0.3 is 6.03 Å². The van der Waals surface area contributed by atoms with Crippen LogP contribution in [-0.2, 0) is 0 Å². The number of aromatic nitrogens is 2. The van der Waals surface area contributed by atoms with Crippen molar-refractivity contribution in [2.45, 2.75) is 6.23 Å². The maximum Gasteiger partial charge on any atom is 0.323 e. The number of aromatic amines is 1. The first kappa shape index (κ1) is 10.8. The minimum atomic E-state index is -0.931. The topological polar surface area (TPSA) is 81.2 Å². The van der Waals surface area contributed by atoms with Crippen LogP contribution in [0.25, 0.3) is 17.0 Å². The number of aliphatic hydroxyl groups excluding tert-OH is 1. The summed E-state index contributed by atoms with van der Waals surface area (Å²) < 4.78 is 0. The molecule has 1 atom stereocenters. The molecule has 1 saturated heterocycles. The molecule has 2 amide bonds. The number of nitrogens with zero attached hydrogens (tertiary/aromatic N) is 2. The van der Waals surface area contributed by atoms with E-state index in [1.165, 1.54) is 11.9 Å². The quantitative estimate of drug-likeness (QED) is 0.696. The molecule has 1 fully saturated rings. The van der Waals surface area contributed by atoms with Gasteiger partial charge in [0.05, 0.1) is 5.70 Å². The molecule has 6 heteroatoms. The predicted octanol–water partition coefficient (Wildman–Crippen LogP) is 0.877. The van der Waals surface area contributed by atoms with Crippen LogP contribution in [-0.4, -0.2) is 39.3 Å². The van der Waals surface area contributed by atoms with Crippen molar-refractivity contribution in [3.63, 3.8) is 0 Å². The van der Waals surface area contributed by atoms with E-state index in [-0.39, 0.29) is 6.03 Å². The Balaban J connectivity index is 2.04. The molecule has 1 unspecified atom stereocenters. The second kappa shape index (κ2) is 3.85. The van der Waals surface area contributed by atoms with Gasteiger partial charge in [0.25, 0.3) is 0 Å². The minimum absolute atomic E-state index is 0.313. The van der Waals surface area contributed by atoms with Crippen LogP contribution in [0.15, 0.2) is 30.4 Å². The van der Waals surface area contributed by atoms with E-state index in [0.717, 1.165) is 16.5 Å². The van der Waals surface area contributed by atoms with E-state index < -0.39 is 6.23 Å². The van der Waals surface area contributed by atoms with Crippen LogP contribution in [0.1, 0.15) is 5.56 Å². The molecule has 0 bridgehead atoms. The largest absolute Gasteiger partial charge is 0.368 e. The number of fused-ring (bicyclic) bond motifs is 1. The van der Waals surface area contributed by atoms with Crippen LogP contribution in [0, 0.1) is 0 Å². The van der Waals surface area contributed by atoms with E-state index >= 15 is 0 Å². The average molecular weight is 244 g/mol. The maximum absolute atomic E-state index is 11.4. The van der Waals surface area contributed by atoms with Crippen LogP contribution in [0.2, 0.25) is 0 Å². The van der Waals surface area contributed by atoms with Crippen molar-refractivity contribution in [3.8, 4) is 0 Å². The van der Waals surface area contributed by atoms with Crippen molar-refractivity contribution >= 4 is 23.0 Å². The number of amides is 2. The van der Waals surface area contributed by atoms with Gasteiger partial charge in [0.15, 0.2) is 6.23 Å². The minimum Gasteiger partial charge on any atom is -0.368 e. The Kier molecular flexibility index (Phi) is 2.31. The van der Waals surface area contributed by atoms with E-state index in [0.29, 0.717) is 5.70 Å². The summed E-state index contributed by atoms with van der Waals surface area (Å²) in [5.74, 6) is 0. The lowest BCUT2D eigenvalue weighted by Crippen LogP contribution is -2.29. The zero-order chi connectivity index (χ0) is 12.7. The first-order valence-electron chi connectivity index (χ1n) is 5.51. The molecule has 3 N–H and O–H groups in total. The highest BCUT2D eigenvalue weighted by Crippen LogP contribution is 2.22. The van der Waals surface area contributed by atoms with Crippen LogP contribution in [0.4, 0.5) is 4.79 Å². The lowest BCUT2D eigenvalue weighted by molar-refractivity contribution is 0.0989. The molecule has 0 aromatic carbocycles. The molecule has 1 aliphatic heterocycles. The molecule has 0 radical (unpaired) electrons. The van der Waals surface area contributed by atoms with Crippen molar-refractivity contribution < 1.29 is 9.90 Å². The molecule has 2 aromatic rings. The SMILES string of the molecule is CN1C(=O)N/C(=C\c2c[nH]c3ccncc23)C1O. The highest BCUT2D eigenvalue weighted by atomic mass is 16.3. The monoisotopic (exact) mass is 244 g/mol. The summed E-state index contributed by atoms with van der Waals surface area (Å²) in [6.45, 7) is 0. The van der Waals surface area contributed by atoms with Crippen LogP contribution in [0.3, 0.4) is 0 Å². The smallest absolute Gasteiger partial charge is 0.323 e. The van der Waals surface area contributed by atoms with Gasteiger partial charge in [0, 0.05) is 42.1 Å². The molecule has 6 nitrogen and oxygen atoms in total. The number of likely N-dealkylation sites (N-methyl/N-ethyl adjacent to an activating group) is 1. The van der Waals surface area contributed by atoms with Gasteiger partial charge in [-0.25, -0.2) is 4.79 Å². The fourth-order valence-corrected chi connectivity index (χ4v) is 1.98. The molecule has 1 aliphatic rings. The van der Waals surface area contributed by atoms with Crippen molar-refractivity contribution in [1.82, 2.24) is 20.2 Å². The van der Waals surface area contributed by atoms with E-state index in [1.807, 2.05) is 12.3 Å². The fourth-order valence-electron chi connectivity index (χ4n) is 1.98. The molecular formula is C12H12N4O2. The maximum atomic E-state index is 11.4. The molecule has 0 saturated carbocycles. The Labute approximate surface area is 103 Å². The third kappa shape index (κ3) is 1.54. The van der Waals surface area contributed by atoms with Crippen LogP contribution in [0.5, 0.6) is 0 Å². The van der Waals surface area contributed by atoms with Gasteiger partial charge in [-0.3, -0.25) is 9.88 Å². The zero-order valence-electron chi connectivity index (χ0n) is 9.71. The number of aliphatic hydroxyl groups is 1. The van der Waals surface area contributed by atoms with Gasteiger partial charge in [-0.1, -0.05) is 0 Å². The van der Waals surface area contributed by atoms with Gasteiger partial charge in [0.1, 0.15) is 0 Å².